The summed E-state index contributed by atoms with van der Waals surface area (Å²) in [6, 6.07) is 4.20. The van der Waals surface area contributed by atoms with E-state index in [0.717, 1.165) is 0 Å². The largest absolute Gasteiger partial charge is 0.497 e. The summed E-state index contributed by atoms with van der Waals surface area (Å²) in [6.07, 6.45) is -5.15. The van der Waals surface area contributed by atoms with Gasteiger partial charge in [-0.15, -0.1) is 12.4 Å². The van der Waals surface area contributed by atoms with E-state index in [4.69, 9.17) is 9.47 Å². The third kappa shape index (κ3) is 5.44. The van der Waals surface area contributed by atoms with Crippen LogP contribution in [0.5, 0.6) is 11.5 Å². The Morgan fingerprint density at radius 3 is 2.35 bits per heavy atom. The molecule has 1 fully saturated rings. The number of halogens is 4. The first-order valence-electron chi connectivity index (χ1n) is 7.18. The van der Waals surface area contributed by atoms with Crippen LogP contribution >= 0.6 is 12.4 Å². The molecule has 0 saturated carbocycles. The number of ether oxygens (including phenoxy) is 2. The molecule has 1 aromatic rings. The van der Waals surface area contributed by atoms with E-state index < -0.39 is 18.6 Å². The van der Waals surface area contributed by atoms with Crippen LogP contribution in [0.3, 0.4) is 0 Å². The first kappa shape index (κ1) is 19.9. The number of hydrogen-bond donors (Lipinski definition) is 1. The number of rotatable bonds is 5. The monoisotopic (exact) mass is 354 g/mol. The van der Waals surface area contributed by atoms with Crippen molar-refractivity contribution in [2.45, 2.75) is 18.6 Å². The molecule has 0 radical (unpaired) electrons. The molecule has 0 aliphatic carbocycles. The molecule has 1 aromatic carbocycles. The lowest BCUT2D eigenvalue weighted by atomic mass is 9.99. The summed E-state index contributed by atoms with van der Waals surface area (Å²) in [7, 11) is 2.96. The van der Waals surface area contributed by atoms with Crippen LogP contribution in [-0.2, 0) is 0 Å². The fraction of sp³-hybridized carbons (Fsp3) is 0.600. The maximum Gasteiger partial charge on any atom is 0.390 e. The van der Waals surface area contributed by atoms with Gasteiger partial charge in [-0.1, -0.05) is 0 Å². The van der Waals surface area contributed by atoms with E-state index in [1.807, 2.05) is 4.90 Å². The van der Waals surface area contributed by atoms with Crippen molar-refractivity contribution < 1.29 is 22.6 Å². The van der Waals surface area contributed by atoms with Gasteiger partial charge in [-0.05, 0) is 18.2 Å². The smallest absolute Gasteiger partial charge is 0.390 e. The van der Waals surface area contributed by atoms with Gasteiger partial charge in [-0.2, -0.15) is 13.2 Å². The maximum atomic E-state index is 13.1. The Balaban J connectivity index is 0.00000264. The lowest BCUT2D eigenvalue weighted by Gasteiger charge is -2.36. The summed E-state index contributed by atoms with van der Waals surface area (Å²) in [5.74, 6) is 0.978. The highest BCUT2D eigenvalue weighted by Gasteiger charge is 2.37. The second-order valence-electron chi connectivity index (χ2n) is 5.23. The van der Waals surface area contributed by atoms with Crippen molar-refractivity contribution in [3.05, 3.63) is 23.8 Å². The van der Waals surface area contributed by atoms with E-state index in [1.165, 1.54) is 14.2 Å². The van der Waals surface area contributed by atoms with Crippen molar-refractivity contribution in [1.82, 2.24) is 10.2 Å². The third-order valence-corrected chi connectivity index (χ3v) is 3.81. The van der Waals surface area contributed by atoms with E-state index in [0.29, 0.717) is 43.2 Å². The Hall–Kier alpha value is -1.18. The first-order chi connectivity index (χ1) is 10.4. The standard InChI is InChI=1S/C15H21F3N2O2.ClH/c1-21-11-3-4-14(22-2)12(9-11)13(10-15(16,17)18)20-7-5-19-6-8-20;/h3-4,9,13,19H,5-8,10H2,1-2H3;1H/t13-;/m1./s1. The molecule has 8 heteroatoms. The van der Waals surface area contributed by atoms with Crippen LogP contribution in [0.15, 0.2) is 18.2 Å². The highest BCUT2D eigenvalue weighted by Crippen LogP contribution is 2.39. The van der Waals surface area contributed by atoms with E-state index >= 15 is 0 Å². The van der Waals surface area contributed by atoms with Gasteiger partial charge in [-0.25, -0.2) is 0 Å². The van der Waals surface area contributed by atoms with Crippen LogP contribution in [0.1, 0.15) is 18.0 Å². The van der Waals surface area contributed by atoms with E-state index in [2.05, 4.69) is 5.32 Å². The summed E-state index contributed by atoms with van der Waals surface area (Å²) < 4.78 is 49.6. The highest BCUT2D eigenvalue weighted by molar-refractivity contribution is 5.85. The lowest BCUT2D eigenvalue weighted by molar-refractivity contribution is -0.148. The number of piperazine rings is 1. The number of hydrogen-bond acceptors (Lipinski definition) is 4. The molecule has 0 aromatic heterocycles. The maximum absolute atomic E-state index is 13.1. The molecule has 2 rings (SSSR count). The molecule has 1 aliphatic heterocycles. The fourth-order valence-corrected chi connectivity index (χ4v) is 2.75. The van der Waals surface area contributed by atoms with Gasteiger partial charge in [0.2, 0.25) is 0 Å². The van der Waals surface area contributed by atoms with Gasteiger partial charge < -0.3 is 14.8 Å². The normalized spacial score (nSPS) is 17.3. The molecule has 0 bridgehead atoms. The average Bonchev–Trinajstić information content (AvgIpc) is 2.52. The zero-order valence-electron chi connectivity index (χ0n) is 13.2. The van der Waals surface area contributed by atoms with Crippen molar-refractivity contribution in [2.75, 3.05) is 40.4 Å². The van der Waals surface area contributed by atoms with Crippen molar-refractivity contribution in [3.8, 4) is 11.5 Å². The van der Waals surface area contributed by atoms with Crippen molar-refractivity contribution in [1.29, 1.82) is 0 Å². The zero-order chi connectivity index (χ0) is 16.2. The average molecular weight is 355 g/mol. The quantitative estimate of drug-likeness (QED) is 0.881. The molecule has 0 amide bonds. The molecular formula is C15H22ClF3N2O2. The number of nitrogens with one attached hydrogen (secondary N) is 1. The van der Waals surface area contributed by atoms with Crippen molar-refractivity contribution >= 4 is 12.4 Å². The van der Waals surface area contributed by atoms with Gasteiger partial charge >= 0.3 is 6.18 Å². The number of alkyl halides is 3. The van der Waals surface area contributed by atoms with Gasteiger partial charge in [-0.3, -0.25) is 4.90 Å². The van der Waals surface area contributed by atoms with Crippen molar-refractivity contribution in [3.63, 3.8) is 0 Å². The molecule has 0 unspecified atom stereocenters. The predicted molar refractivity (Wildman–Crippen MR) is 84.6 cm³/mol. The van der Waals surface area contributed by atoms with Gasteiger partial charge in [0.1, 0.15) is 11.5 Å². The Labute approximate surface area is 140 Å². The zero-order valence-corrected chi connectivity index (χ0v) is 14.0. The minimum Gasteiger partial charge on any atom is -0.497 e. The predicted octanol–water partition coefficient (Wildman–Crippen LogP) is 3.02. The summed E-state index contributed by atoms with van der Waals surface area (Å²) >= 11 is 0. The Morgan fingerprint density at radius 2 is 1.83 bits per heavy atom. The summed E-state index contributed by atoms with van der Waals surface area (Å²) in [4.78, 5) is 1.85. The molecule has 1 N–H and O–H groups in total. The van der Waals surface area contributed by atoms with Crippen LogP contribution in [0.4, 0.5) is 13.2 Å². The highest BCUT2D eigenvalue weighted by atomic mass is 35.5. The van der Waals surface area contributed by atoms with Crippen LogP contribution in [0.2, 0.25) is 0 Å². The molecule has 132 valence electrons. The number of benzene rings is 1. The molecule has 1 aliphatic rings. The minimum atomic E-state index is -4.25. The second-order valence-corrected chi connectivity index (χ2v) is 5.23. The van der Waals surface area contributed by atoms with E-state index in [9.17, 15) is 13.2 Å². The van der Waals surface area contributed by atoms with Crippen LogP contribution in [0.25, 0.3) is 0 Å². The Morgan fingerprint density at radius 1 is 1.17 bits per heavy atom. The SMILES string of the molecule is COc1ccc(OC)c([C@@H](CC(F)(F)F)N2CCNCC2)c1.Cl. The lowest BCUT2D eigenvalue weighted by Crippen LogP contribution is -2.46. The van der Waals surface area contributed by atoms with E-state index in [1.54, 1.807) is 18.2 Å². The van der Waals surface area contributed by atoms with E-state index in [-0.39, 0.29) is 12.4 Å². The van der Waals surface area contributed by atoms with Gasteiger partial charge in [0.25, 0.3) is 0 Å². The molecule has 1 saturated heterocycles. The molecule has 1 heterocycles. The molecule has 4 nitrogen and oxygen atoms in total. The van der Waals surface area contributed by atoms with Crippen LogP contribution in [0, 0.1) is 0 Å². The molecule has 0 spiro atoms. The first-order valence-corrected chi connectivity index (χ1v) is 7.18. The number of nitrogens with zero attached hydrogens (tertiary/aromatic N) is 1. The van der Waals surface area contributed by atoms with Crippen LogP contribution < -0.4 is 14.8 Å². The minimum absolute atomic E-state index is 0. The van der Waals surface area contributed by atoms with Gasteiger partial charge in [0, 0.05) is 37.8 Å². The Bertz CT molecular complexity index is 494. The number of methoxy groups -OCH3 is 2. The topological polar surface area (TPSA) is 33.7 Å². The Kier molecular flexibility index (Phi) is 7.44. The summed E-state index contributed by atoms with van der Waals surface area (Å²) in [6.45, 7) is 2.50. The van der Waals surface area contributed by atoms with Crippen molar-refractivity contribution in [2.24, 2.45) is 0 Å². The molecule has 23 heavy (non-hydrogen) atoms. The van der Waals surface area contributed by atoms with Gasteiger partial charge in [0.05, 0.1) is 20.6 Å². The second kappa shape index (κ2) is 8.61. The van der Waals surface area contributed by atoms with Crippen LogP contribution in [-0.4, -0.2) is 51.5 Å². The summed E-state index contributed by atoms with van der Waals surface area (Å²) in [5, 5.41) is 3.16. The van der Waals surface area contributed by atoms with Gasteiger partial charge in [0.15, 0.2) is 0 Å². The molecular weight excluding hydrogens is 333 g/mol. The molecule has 1 atom stereocenters. The fourth-order valence-electron chi connectivity index (χ4n) is 2.75. The summed E-state index contributed by atoms with van der Waals surface area (Å²) in [5.41, 5.74) is 0.515. The third-order valence-electron chi connectivity index (χ3n) is 3.81.